The van der Waals surface area contributed by atoms with Gasteiger partial charge in [0.15, 0.2) is 0 Å². The van der Waals surface area contributed by atoms with Gasteiger partial charge in [0.2, 0.25) is 0 Å². The number of rotatable bonds is 6. The molecule has 2 saturated heterocycles. The fraction of sp³-hybridized carbons (Fsp3) is 0.579. The summed E-state index contributed by atoms with van der Waals surface area (Å²) in [5, 5.41) is 3.25. The van der Waals surface area contributed by atoms with E-state index in [2.05, 4.69) is 17.1 Å². The first-order valence-electron chi connectivity index (χ1n) is 9.43. The molecule has 1 unspecified atom stereocenters. The summed E-state index contributed by atoms with van der Waals surface area (Å²) in [5.74, 6) is -0.00650. The number of urea groups is 1. The minimum Gasteiger partial charge on any atom is -0.337 e. The molecule has 2 heterocycles. The van der Waals surface area contributed by atoms with Crippen molar-refractivity contribution in [1.29, 1.82) is 0 Å². The largest absolute Gasteiger partial charge is 0.337 e. The Bertz CT molecular complexity index is 682. The van der Waals surface area contributed by atoms with E-state index in [4.69, 9.17) is 11.6 Å². The summed E-state index contributed by atoms with van der Waals surface area (Å²) in [7, 11) is 0. The lowest BCUT2D eigenvalue weighted by molar-refractivity contribution is 0.0717. The van der Waals surface area contributed by atoms with Gasteiger partial charge in [-0.2, -0.15) is 0 Å². The Morgan fingerprint density at radius 3 is 2.81 bits per heavy atom. The van der Waals surface area contributed by atoms with E-state index < -0.39 is 0 Å². The molecule has 2 fully saturated rings. The predicted molar refractivity (Wildman–Crippen MR) is 104 cm³/mol. The fourth-order valence-electron chi connectivity index (χ4n) is 3.86. The zero-order valence-electron chi connectivity index (χ0n) is 15.5. The second-order valence-electron chi connectivity index (χ2n) is 6.82. The van der Waals surface area contributed by atoms with Crippen molar-refractivity contribution >= 4 is 29.2 Å². The van der Waals surface area contributed by atoms with E-state index >= 15 is 0 Å². The van der Waals surface area contributed by atoms with Crippen LogP contribution >= 0.6 is 11.6 Å². The Morgan fingerprint density at radius 2 is 2.15 bits per heavy atom. The Morgan fingerprint density at radius 1 is 1.35 bits per heavy atom. The number of benzene rings is 1. The molecular formula is C19H27ClN4O2. The second-order valence-corrected chi connectivity index (χ2v) is 7.23. The van der Waals surface area contributed by atoms with Gasteiger partial charge < -0.3 is 10.2 Å². The molecule has 0 saturated carbocycles. The third kappa shape index (κ3) is 3.81. The molecule has 26 heavy (non-hydrogen) atoms. The van der Waals surface area contributed by atoms with Crippen LogP contribution in [0.4, 0.5) is 10.5 Å². The maximum atomic E-state index is 13.1. The van der Waals surface area contributed by atoms with Gasteiger partial charge >= 0.3 is 6.03 Å². The van der Waals surface area contributed by atoms with Crippen molar-refractivity contribution in [3.63, 3.8) is 0 Å². The monoisotopic (exact) mass is 378 g/mol. The van der Waals surface area contributed by atoms with Gasteiger partial charge in [0.05, 0.1) is 10.7 Å². The lowest BCUT2D eigenvalue weighted by atomic mass is 10.1. The van der Waals surface area contributed by atoms with Gasteiger partial charge in [-0.1, -0.05) is 18.5 Å². The highest BCUT2D eigenvalue weighted by molar-refractivity contribution is 6.34. The molecule has 1 atom stereocenters. The third-order valence-electron chi connectivity index (χ3n) is 5.35. The van der Waals surface area contributed by atoms with Crippen molar-refractivity contribution in [2.75, 3.05) is 44.2 Å². The molecule has 2 aliphatic rings. The van der Waals surface area contributed by atoms with Gasteiger partial charge in [-0.05, 0) is 51.1 Å². The van der Waals surface area contributed by atoms with E-state index in [0.717, 1.165) is 26.1 Å². The van der Waals surface area contributed by atoms with E-state index in [0.29, 0.717) is 41.9 Å². The number of nitrogens with one attached hydrogen (secondary N) is 1. The first-order valence-corrected chi connectivity index (χ1v) is 9.81. The van der Waals surface area contributed by atoms with Crippen molar-refractivity contribution in [2.45, 2.75) is 32.7 Å². The average molecular weight is 379 g/mol. The summed E-state index contributed by atoms with van der Waals surface area (Å²) in [5.41, 5.74) is 1.17. The highest BCUT2D eigenvalue weighted by atomic mass is 35.5. The smallest absolute Gasteiger partial charge is 0.322 e. The molecule has 3 amide bonds. The van der Waals surface area contributed by atoms with Crippen molar-refractivity contribution < 1.29 is 9.59 Å². The lowest BCUT2D eigenvalue weighted by Crippen LogP contribution is -2.43. The van der Waals surface area contributed by atoms with Gasteiger partial charge in [-0.25, -0.2) is 4.79 Å². The number of hydrogen-bond donors (Lipinski definition) is 1. The quantitative estimate of drug-likeness (QED) is 0.828. The van der Waals surface area contributed by atoms with E-state index in [-0.39, 0.29) is 11.9 Å². The molecule has 0 spiro atoms. The number of nitrogens with zero attached hydrogens (tertiary/aromatic N) is 3. The SMILES string of the molecule is CCN(CC1CCCN1CC)C(=O)c1ccc(Cl)c(N2CCNC2=O)c1. The Balaban J connectivity index is 1.78. The molecule has 1 aromatic rings. The van der Waals surface area contributed by atoms with Crippen molar-refractivity contribution in [1.82, 2.24) is 15.1 Å². The highest BCUT2D eigenvalue weighted by Gasteiger charge is 2.28. The lowest BCUT2D eigenvalue weighted by Gasteiger charge is -2.30. The van der Waals surface area contributed by atoms with E-state index in [1.165, 1.54) is 6.42 Å². The molecule has 2 aliphatic heterocycles. The van der Waals surface area contributed by atoms with Crippen LogP contribution in [-0.4, -0.2) is 67.0 Å². The molecule has 0 bridgehead atoms. The Hall–Kier alpha value is -1.79. The number of halogens is 1. The number of amides is 3. The van der Waals surface area contributed by atoms with E-state index in [1.807, 2.05) is 11.8 Å². The maximum absolute atomic E-state index is 13.1. The van der Waals surface area contributed by atoms with Gasteiger partial charge in [-0.3, -0.25) is 14.6 Å². The maximum Gasteiger partial charge on any atom is 0.322 e. The molecule has 6 nitrogen and oxygen atoms in total. The minimum atomic E-state index is -0.173. The van der Waals surface area contributed by atoms with Crippen LogP contribution in [0.3, 0.4) is 0 Å². The molecular weight excluding hydrogens is 352 g/mol. The van der Waals surface area contributed by atoms with Gasteiger partial charge in [0, 0.05) is 37.8 Å². The average Bonchev–Trinajstić information content (AvgIpc) is 3.27. The second kappa shape index (κ2) is 8.27. The van der Waals surface area contributed by atoms with Crippen molar-refractivity contribution in [3.05, 3.63) is 28.8 Å². The Kier molecular flexibility index (Phi) is 6.04. The van der Waals surface area contributed by atoms with Gasteiger partial charge in [0.25, 0.3) is 5.91 Å². The van der Waals surface area contributed by atoms with Crippen LogP contribution in [0.25, 0.3) is 0 Å². The molecule has 0 aliphatic carbocycles. The zero-order valence-corrected chi connectivity index (χ0v) is 16.3. The number of likely N-dealkylation sites (tertiary alicyclic amines) is 1. The summed E-state index contributed by atoms with van der Waals surface area (Å²) in [6.45, 7) is 8.86. The van der Waals surface area contributed by atoms with Crippen molar-refractivity contribution in [3.8, 4) is 0 Å². The van der Waals surface area contributed by atoms with Crippen LogP contribution in [0.2, 0.25) is 5.02 Å². The number of carbonyl (C=O) groups excluding carboxylic acids is 2. The third-order valence-corrected chi connectivity index (χ3v) is 5.67. The highest BCUT2D eigenvalue weighted by Crippen LogP contribution is 2.29. The van der Waals surface area contributed by atoms with Crippen LogP contribution < -0.4 is 10.2 Å². The number of anilines is 1. The summed E-state index contributed by atoms with van der Waals surface area (Å²) >= 11 is 6.28. The first kappa shape index (κ1) is 19.0. The first-order chi connectivity index (χ1) is 12.5. The summed E-state index contributed by atoms with van der Waals surface area (Å²) in [6, 6.07) is 5.45. The molecule has 3 rings (SSSR count). The van der Waals surface area contributed by atoms with Crippen molar-refractivity contribution in [2.24, 2.45) is 0 Å². The van der Waals surface area contributed by atoms with Crippen LogP contribution in [0, 0.1) is 0 Å². The van der Waals surface area contributed by atoms with Gasteiger partial charge in [-0.15, -0.1) is 0 Å². The normalized spacial score (nSPS) is 20.5. The summed E-state index contributed by atoms with van der Waals surface area (Å²) in [4.78, 5) is 30.9. The Labute approximate surface area is 160 Å². The number of likely N-dealkylation sites (N-methyl/N-ethyl adjacent to an activating group) is 2. The molecule has 142 valence electrons. The molecule has 0 aromatic heterocycles. The fourth-order valence-corrected chi connectivity index (χ4v) is 4.08. The topological polar surface area (TPSA) is 55.9 Å². The summed E-state index contributed by atoms with van der Waals surface area (Å²) in [6.07, 6.45) is 2.33. The number of carbonyl (C=O) groups is 2. The van der Waals surface area contributed by atoms with Crippen LogP contribution in [-0.2, 0) is 0 Å². The molecule has 1 aromatic carbocycles. The standard InChI is InChI=1S/C19H27ClN4O2/c1-3-22-10-5-6-15(22)13-23(4-2)18(25)14-7-8-16(20)17(12-14)24-11-9-21-19(24)26/h7-8,12,15H,3-6,9-11,13H2,1-2H3,(H,21,26). The summed E-state index contributed by atoms with van der Waals surface area (Å²) < 4.78 is 0. The number of hydrogen-bond acceptors (Lipinski definition) is 3. The zero-order chi connectivity index (χ0) is 18.7. The van der Waals surface area contributed by atoms with Crippen LogP contribution in [0.1, 0.15) is 37.0 Å². The molecule has 7 heteroatoms. The van der Waals surface area contributed by atoms with E-state index in [1.54, 1.807) is 23.1 Å². The molecule has 1 N–H and O–H groups in total. The van der Waals surface area contributed by atoms with Gasteiger partial charge in [0.1, 0.15) is 0 Å². The minimum absolute atomic E-state index is 0.00650. The van der Waals surface area contributed by atoms with Crippen LogP contribution in [0.15, 0.2) is 18.2 Å². The predicted octanol–water partition coefficient (Wildman–Crippen LogP) is 2.82. The molecule has 0 radical (unpaired) electrons. The van der Waals surface area contributed by atoms with Crippen LogP contribution in [0.5, 0.6) is 0 Å². The van der Waals surface area contributed by atoms with E-state index in [9.17, 15) is 9.59 Å².